The molecule has 0 aromatic heterocycles. The van der Waals surface area contributed by atoms with E-state index < -0.39 is 0 Å². The van der Waals surface area contributed by atoms with Gasteiger partial charge in [0.25, 0.3) is 0 Å². The lowest BCUT2D eigenvalue weighted by molar-refractivity contribution is 0.606. The molecule has 2 heteroatoms. The first-order valence-corrected chi connectivity index (χ1v) is 2.85. The minimum absolute atomic E-state index is 1.02. The summed E-state index contributed by atoms with van der Waals surface area (Å²) in [6.07, 6.45) is 1.02. The Morgan fingerprint density at radius 1 is 1.50 bits per heavy atom. The van der Waals surface area contributed by atoms with E-state index in [2.05, 4.69) is 11.9 Å². The van der Waals surface area contributed by atoms with Crippen LogP contribution in [0.2, 0.25) is 0 Å². The van der Waals surface area contributed by atoms with Crippen molar-refractivity contribution in [3.63, 3.8) is 0 Å². The van der Waals surface area contributed by atoms with E-state index in [9.17, 15) is 0 Å². The van der Waals surface area contributed by atoms with Gasteiger partial charge >= 0.3 is 0 Å². The number of amidine groups is 1. The summed E-state index contributed by atoms with van der Waals surface area (Å²) >= 11 is 0. The topological polar surface area (TPSA) is 15.6 Å². The Kier molecular flexibility index (Phi) is 3.24. The summed E-state index contributed by atoms with van der Waals surface area (Å²) in [7, 11) is 5.83. The minimum atomic E-state index is 1.02. The maximum absolute atomic E-state index is 4.05. The Hall–Kier alpha value is -0.530. The molecule has 0 saturated carbocycles. The summed E-state index contributed by atoms with van der Waals surface area (Å²) in [5.74, 6) is 1.14. The lowest BCUT2D eigenvalue weighted by Gasteiger charge is -2.12. The zero-order valence-electron chi connectivity index (χ0n) is 6.10. The Morgan fingerprint density at radius 2 is 2.00 bits per heavy atom. The summed E-state index contributed by atoms with van der Waals surface area (Å²) in [5, 5.41) is 0. The van der Waals surface area contributed by atoms with Crippen molar-refractivity contribution in [2.24, 2.45) is 4.99 Å². The van der Waals surface area contributed by atoms with Gasteiger partial charge in [-0.2, -0.15) is 0 Å². The fourth-order valence-electron chi connectivity index (χ4n) is 0.674. The zero-order chi connectivity index (χ0) is 6.57. The molecule has 8 heavy (non-hydrogen) atoms. The Labute approximate surface area is 51.2 Å². The third-order valence-electron chi connectivity index (χ3n) is 1.09. The quantitative estimate of drug-likeness (QED) is 0.366. The fourth-order valence-corrected chi connectivity index (χ4v) is 0.674. The molecular weight excluding hydrogens is 100 g/mol. The van der Waals surface area contributed by atoms with Gasteiger partial charge in [-0.3, -0.25) is 4.99 Å². The largest absolute Gasteiger partial charge is 0.367 e. The Morgan fingerprint density at radius 3 is 2.00 bits per heavy atom. The monoisotopic (exact) mass is 114 g/mol. The van der Waals surface area contributed by atoms with Crippen LogP contribution in [0.4, 0.5) is 0 Å². The lowest BCUT2D eigenvalue weighted by Crippen LogP contribution is -2.20. The molecule has 0 rings (SSSR count). The second kappa shape index (κ2) is 3.47. The number of rotatable bonds is 1. The number of nitrogens with zero attached hydrogens (tertiary/aromatic N) is 2. The van der Waals surface area contributed by atoms with Crippen molar-refractivity contribution < 1.29 is 0 Å². The van der Waals surface area contributed by atoms with E-state index >= 15 is 0 Å². The first-order chi connectivity index (χ1) is 3.72. The molecule has 0 atom stereocenters. The highest BCUT2D eigenvalue weighted by Crippen LogP contribution is 1.86. The van der Waals surface area contributed by atoms with Gasteiger partial charge < -0.3 is 4.90 Å². The molecule has 0 N–H and O–H groups in total. The van der Waals surface area contributed by atoms with Crippen LogP contribution >= 0.6 is 0 Å². The van der Waals surface area contributed by atoms with Gasteiger partial charge in [-0.15, -0.1) is 0 Å². The molecule has 0 heterocycles. The molecule has 0 radical (unpaired) electrons. The van der Waals surface area contributed by atoms with Gasteiger partial charge in [0.05, 0.1) is 5.84 Å². The molecule has 0 aliphatic rings. The van der Waals surface area contributed by atoms with Gasteiger partial charge in [0, 0.05) is 27.6 Å². The minimum Gasteiger partial charge on any atom is -0.367 e. The Bertz CT molecular complexity index is 84.5. The average molecular weight is 114 g/mol. The highest BCUT2D eigenvalue weighted by molar-refractivity contribution is 5.81. The first-order valence-electron chi connectivity index (χ1n) is 2.85. The Balaban J connectivity index is 3.72. The standard InChI is InChI=1S/C6H14N2/c1-5-6(7-2)8(3)4/h5H2,1-4H3. The number of hydrogen-bond acceptors (Lipinski definition) is 1. The van der Waals surface area contributed by atoms with Crippen molar-refractivity contribution in [2.75, 3.05) is 21.1 Å². The predicted octanol–water partition coefficient (Wildman–Crippen LogP) is 0.986. The molecule has 0 aromatic carbocycles. The molecule has 0 aromatic rings. The van der Waals surface area contributed by atoms with Crippen molar-refractivity contribution in [1.29, 1.82) is 0 Å². The summed E-state index contributed by atoms with van der Waals surface area (Å²) in [6.45, 7) is 2.10. The van der Waals surface area contributed by atoms with Crippen LogP contribution in [0.3, 0.4) is 0 Å². The molecular formula is C6H14N2. The predicted molar refractivity (Wildman–Crippen MR) is 37.3 cm³/mol. The molecule has 2 nitrogen and oxygen atoms in total. The van der Waals surface area contributed by atoms with Crippen LogP contribution < -0.4 is 0 Å². The third-order valence-corrected chi connectivity index (χ3v) is 1.09. The van der Waals surface area contributed by atoms with Crippen molar-refractivity contribution >= 4 is 5.84 Å². The molecule has 0 unspecified atom stereocenters. The fraction of sp³-hybridized carbons (Fsp3) is 0.833. The van der Waals surface area contributed by atoms with Gasteiger partial charge in [-0.25, -0.2) is 0 Å². The van der Waals surface area contributed by atoms with Crippen LogP contribution in [0, 0.1) is 0 Å². The first kappa shape index (κ1) is 7.47. The smallest absolute Gasteiger partial charge is 0.0977 e. The molecule has 0 bridgehead atoms. The number of aliphatic imine (C=N–C) groups is 1. The normalized spacial score (nSPS) is 11.8. The molecule has 0 saturated heterocycles. The summed E-state index contributed by atoms with van der Waals surface area (Å²) < 4.78 is 0. The third kappa shape index (κ3) is 1.96. The SMILES string of the molecule is CCC(=NC)N(C)C. The van der Waals surface area contributed by atoms with E-state index in [0.29, 0.717) is 0 Å². The maximum atomic E-state index is 4.05. The summed E-state index contributed by atoms with van der Waals surface area (Å²) in [6, 6.07) is 0. The van der Waals surface area contributed by atoms with Crippen LogP contribution in [0.5, 0.6) is 0 Å². The summed E-state index contributed by atoms with van der Waals surface area (Å²) in [5.41, 5.74) is 0. The van der Waals surface area contributed by atoms with E-state index in [1.54, 1.807) is 0 Å². The molecule has 0 fully saturated rings. The van der Waals surface area contributed by atoms with E-state index in [1.165, 1.54) is 0 Å². The summed E-state index contributed by atoms with van der Waals surface area (Å²) in [4.78, 5) is 6.08. The van der Waals surface area contributed by atoms with Crippen LogP contribution in [-0.4, -0.2) is 31.9 Å². The van der Waals surface area contributed by atoms with Crippen molar-refractivity contribution in [3.8, 4) is 0 Å². The second-order valence-corrected chi connectivity index (χ2v) is 1.89. The van der Waals surface area contributed by atoms with Gasteiger partial charge in [0.15, 0.2) is 0 Å². The van der Waals surface area contributed by atoms with Gasteiger partial charge in [-0.1, -0.05) is 6.92 Å². The molecule has 0 aliphatic heterocycles. The zero-order valence-corrected chi connectivity index (χ0v) is 6.10. The van der Waals surface area contributed by atoms with Gasteiger partial charge in [0.2, 0.25) is 0 Å². The van der Waals surface area contributed by atoms with E-state index in [4.69, 9.17) is 0 Å². The van der Waals surface area contributed by atoms with Gasteiger partial charge in [-0.05, 0) is 0 Å². The molecule has 0 aliphatic carbocycles. The van der Waals surface area contributed by atoms with Crippen molar-refractivity contribution in [2.45, 2.75) is 13.3 Å². The van der Waals surface area contributed by atoms with Crippen LogP contribution in [0.25, 0.3) is 0 Å². The highest BCUT2D eigenvalue weighted by Gasteiger charge is 1.92. The van der Waals surface area contributed by atoms with Crippen LogP contribution in [0.15, 0.2) is 4.99 Å². The van der Waals surface area contributed by atoms with Crippen LogP contribution in [0.1, 0.15) is 13.3 Å². The van der Waals surface area contributed by atoms with E-state index in [1.807, 2.05) is 26.0 Å². The van der Waals surface area contributed by atoms with Crippen LogP contribution in [-0.2, 0) is 0 Å². The highest BCUT2D eigenvalue weighted by atomic mass is 15.1. The van der Waals surface area contributed by atoms with Gasteiger partial charge in [0.1, 0.15) is 0 Å². The van der Waals surface area contributed by atoms with Crippen molar-refractivity contribution in [3.05, 3.63) is 0 Å². The number of hydrogen-bond donors (Lipinski definition) is 0. The molecule has 48 valence electrons. The molecule has 0 amide bonds. The second-order valence-electron chi connectivity index (χ2n) is 1.89. The van der Waals surface area contributed by atoms with E-state index in [0.717, 1.165) is 12.3 Å². The lowest BCUT2D eigenvalue weighted by atomic mass is 10.4. The molecule has 0 spiro atoms. The van der Waals surface area contributed by atoms with Crippen molar-refractivity contribution in [1.82, 2.24) is 4.90 Å². The maximum Gasteiger partial charge on any atom is 0.0977 e. The average Bonchev–Trinajstić information content (AvgIpc) is 1.69. The van der Waals surface area contributed by atoms with E-state index in [-0.39, 0.29) is 0 Å².